The van der Waals surface area contributed by atoms with Crippen LogP contribution in [0, 0.1) is 0 Å². The van der Waals surface area contributed by atoms with Crippen LogP contribution in [0.25, 0.3) is 0 Å². The standard InChI is InChI=1S/C14H31NO2/c1-4-7-9-15(10-8-5-2)12-14(16)13-17-11-6-3/h14,16H,4-13H2,1-3H3. The van der Waals surface area contributed by atoms with Crippen molar-refractivity contribution in [3.8, 4) is 0 Å². The summed E-state index contributed by atoms with van der Waals surface area (Å²) in [5.41, 5.74) is 0. The number of nitrogens with zero attached hydrogens (tertiary/aromatic N) is 1. The summed E-state index contributed by atoms with van der Waals surface area (Å²) in [4.78, 5) is 2.37. The molecular weight excluding hydrogens is 214 g/mol. The SMILES string of the molecule is CCCCN(CCCC)CC(O)COCCC. The van der Waals surface area contributed by atoms with Gasteiger partial charge in [-0.05, 0) is 32.4 Å². The van der Waals surface area contributed by atoms with E-state index in [0.717, 1.165) is 32.7 Å². The first kappa shape index (κ1) is 16.9. The molecule has 1 unspecified atom stereocenters. The third kappa shape index (κ3) is 10.7. The molecule has 0 aromatic carbocycles. The van der Waals surface area contributed by atoms with Crippen LogP contribution in [0.4, 0.5) is 0 Å². The van der Waals surface area contributed by atoms with E-state index < -0.39 is 0 Å². The monoisotopic (exact) mass is 245 g/mol. The van der Waals surface area contributed by atoms with E-state index in [4.69, 9.17) is 4.74 Å². The molecule has 0 radical (unpaired) electrons. The van der Waals surface area contributed by atoms with Gasteiger partial charge in [-0.2, -0.15) is 0 Å². The van der Waals surface area contributed by atoms with Gasteiger partial charge in [-0.3, -0.25) is 0 Å². The van der Waals surface area contributed by atoms with Gasteiger partial charge in [-0.1, -0.05) is 33.6 Å². The van der Waals surface area contributed by atoms with E-state index in [1.807, 2.05) is 0 Å². The van der Waals surface area contributed by atoms with Gasteiger partial charge in [0, 0.05) is 13.2 Å². The number of ether oxygens (including phenoxy) is 1. The maximum absolute atomic E-state index is 9.88. The van der Waals surface area contributed by atoms with E-state index >= 15 is 0 Å². The van der Waals surface area contributed by atoms with Crippen LogP contribution in [-0.2, 0) is 4.74 Å². The Labute approximate surface area is 107 Å². The minimum Gasteiger partial charge on any atom is -0.389 e. The fourth-order valence-electron chi connectivity index (χ4n) is 1.77. The highest BCUT2D eigenvalue weighted by Gasteiger charge is 2.10. The van der Waals surface area contributed by atoms with Gasteiger partial charge in [-0.15, -0.1) is 0 Å². The van der Waals surface area contributed by atoms with Crippen LogP contribution in [-0.4, -0.2) is 49.0 Å². The molecule has 0 saturated heterocycles. The second-order valence-electron chi connectivity index (χ2n) is 4.74. The molecular formula is C14H31NO2. The van der Waals surface area contributed by atoms with Crippen LogP contribution < -0.4 is 0 Å². The van der Waals surface area contributed by atoms with E-state index in [1.54, 1.807) is 0 Å². The summed E-state index contributed by atoms with van der Waals surface area (Å²) >= 11 is 0. The van der Waals surface area contributed by atoms with Crippen molar-refractivity contribution in [3.63, 3.8) is 0 Å². The number of aliphatic hydroxyl groups is 1. The Hall–Kier alpha value is -0.120. The number of aliphatic hydroxyl groups excluding tert-OH is 1. The Morgan fingerprint density at radius 2 is 1.59 bits per heavy atom. The van der Waals surface area contributed by atoms with Crippen molar-refractivity contribution < 1.29 is 9.84 Å². The lowest BCUT2D eigenvalue weighted by atomic mass is 10.2. The number of hydrogen-bond donors (Lipinski definition) is 1. The van der Waals surface area contributed by atoms with Gasteiger partial charge in [0.15, 0.2) is 0 Å². The van der Waals surface area contributed by atoms with Gasteiger partial charge >= 0.3 is 0 Å². The maximum Gasteiger partial charge on any atom is 0.0900 e. The molecule has 0 aromatic heterocycles. The first-order chi connectivity index (χ1) is 8.24. The minimum atomic E-state index is -0.338. The Morgan fingerprint density at radius 3 is 2.06 bits per heavy atom. The van der Waals surface area contributed by atoms with Crippen molar-refractivity contribution >= 4 is 0 Å². The summed E-state index contributed by atoms with van der Waals surface area (Å²) in [5.74, 6) is 0. The Morgan fingerprint density at radius 1 is 1.00 bits per heavy atom. The molecule has 0 heterocycles. The number of unbranched alkanes of at least 4 members (excludes halogenated alkanes) is 2. The van der Waals surface area contributed by atoms with Gasteiger partial charge < -0.3 is 14.7 Å². The van der Waals surface area contributed by atoms with Crippen LogP contribution in [0.3, 0.4) is 0 Å². The Kier molecular flexibility index (Phi) is 12.3. The van der Waals surface area contributed by atoms with Crippen molar-refractivity contribution in [3.05, 3.63) is 0 Å². The Bertz CT molecular complexity index is 145. The van der Waals surface area contributed by atoms with Crippen molar-refractivity contribution in [2.24, 2.45) is 0 Å². The van der Waals surface area contributed by atoms with E-state index in [1.165, 1.54) is 25.7 Å². The third-order valence-corrected chi connectivity index (χ3v) is 2.78. The molecule has 3 nitrogen and oxygen atoms in total. The molecule has 0 rings (SSSR count). The van der Waals surface area contributed by atoms with Crippen molar-refractivity contribution in [1.29, 1.82) is 0 Å². The van der Waals surface area contributed by atoms with Crippen molar-refractivity contribution in [2.45, 2.75) is 59.0 Å². The molecule has 0 aliphatic rings. The van der Waals surface area contributed by atoms with Crippen LogP contribution in [0.5, 0.6) is 0 Å². The topological polar surface area (TPSA) is 32.7 Å². The zero-order valence-electron chi connectivity index (χ0n) is 12.0. The lowest BCUT2D eigenvalue weighted by Crippen LogP contribution is -2.36. The van der Waals surface area contributed by atoms with E-state index in [2.05, 4.69) is 25.7 Å². The van der Waals surface area contributed by atoms with E-state index in [0.29, 0.717) is 6.61 Å². The highest BCUT2D eigenvalue weighted by molar-refractivity contribution is 4.64. The molecule has 0 aromatic rings. The molecule has 0 aliphatic carbocycles. The van der Waals surface area contributed by atoms with Gasteiger partial charge in [0.25, 0.3) is 0 Å². The van der Waals surface area contributed by atoms with Gasteiger partial charge in [-0.25, -0.2) is 0 Å². The van der Waals surface area contributed by atoms with E-state index in [9.17, 15) is 5.11 Å². The highest BCUT2D eigenvalue weighted by atomic mass is 16.5. The van der Waals surface area contributed by atoms with Gasteiger partial charge in [0.1, 0.15) is 0 Å². The molecule has 3 heteroatoms. The molecule has 17 heavy (non-hydrogen) atoms. The zero-order chi connectivity index (χ0) is 12.9. The quantitative estimate of drug-likeness (QED) is 0.537. The minimum absolute atomic E-state index is 0.338. The third-order valence-electron chi connectivity index (χ3n) is 2.78. The first-order valence-electron chi connectivity index (χ1n) is 7.22. The molecule has 1 atom stereocenters. The number of rotatable bonds is 12. The van der Waals surface area contributed by atoms with Crippen molar-refractivity contribution in [2.75, 3.05) is 32.8 Å². The lowest BCUT2D eigenvalue weighted by molar-refractivity contribution is 0.0164. The summed E-state index contributed by atoms with van der Waals surface area (Å²) in [5, 5.41) is 9.88. The fraction of sp³-hybridized carbons (Fsp3) is 1.00. The number of hydrogen-bond acceptors (Lipinski definition) is 3. The van der Waals surface area contributed by atoms with Crippen LogP contribution in [0.1, 0.15) is 52.9 Å². The zero-order valence-corrected chi connectivity index (χ0v) is 12.0. The summed E-state index contributed by atoms with van der Waals surface area (Å²) in [6.07, 6.45) is 5.53. The fourth-order valence-corrected chi connectivity index (χ4v) is 1.77. The van der Waals surface area contributed by atoms with E-state index in [-0.39, 0.29) is 6.10 Å². The van der Waals surface area contributed by atoms with Gasteiger partial charge in [0.2, 0.25) is 0 Å². The molecule has 0 aliphatic heterocycles. The largest absolute Gasteiger partial charge is 0.389 e. The first-order valence-corrected chi connectivity index (χ1v) is 7.22. The van der Waals surface area contributed by atoms with Crippen molar-refractivity contribution in [1.82, 2.24) is 4.90 Å². The normalized spacial score (nSPS) is 13.2. The summed E-state index contributed by atoms with van der Waals surface area (Å²) in [6, 6.07) is 0. The summed E-state index contributed by atoms with van der Waals surface area (Å²) in [6.45, 7) is 10.7. The molecule has 1 N–H and O–H groups in total. The molecule has 0 spiro atoms. The summed E-state index contributed by atoms with van der Waals surface area (Å²) < 4.78 is 5.38. The van der Waals surface area contributed by atoms with Crippen LogP contribution in [0.2, 0.25) is 0 Å². The molecule has 0 amide bonds. The predicted molar refractivity (Wildman–Crippen MR) is 73.4 cm³/mol. The average molecular weight is 245 g/mol. The smallest absolute Gasteiger partial charge is 0.0900 e. The predicted octanol–water partition coefficient (Wildman–Crippen LogP) is 2.68. The Balaban J connectivity index is 3.76. The average Bonchev–Trinajstić information content (AvgIpc) is 2.33. The van der Waals surface area contributed by atoms with Crippen LogP contribution >= 0.6 is 0 Å². The maximum atomic E-state index is 9.88. The molecule has 104 valence electrons. The second kappa shape index (κ2) is 12.3. The van der Waals surface area contributed by atoms with Crippen LogP contribution in [0.15, 0.2) is 0 Å². The summed E-state index contributed by atoms with van der Waals surface area (Å²) in [7, 11) is 0. The molecule has 0 saturated carbocycles. The highest BCUT2D eigenvalue weighted by Crippen LogP contribution is 2.01. The molecule has 0 fully saturated rings. The second-order valence-corrected chi connectivity index (χ2v) is 4.74. The lowest BCUT2D eigenvalue weighted by Gasteiger charge is -2.24. The molecule has 0 bridgehead atoms. The van der Waals surface area contributed by atoms with Gasteiger partial charge in [0.05, 0.1) is 12.7 Å².